The van der Waals surface area contributed by atoms with Gasteiger partial charge in [-0.05, 0) is 78.7 Å². The van der Waals surface area contributed by atoms with E-state index in [0.29, 0.717) is 22.5 Å². The molecule has 45 heavy (non-hydrogen) atoms. The number of non-ortho nitro benzene ring substituents is 1. The van der Waals surface area contributed by atoms with Gasteiger partial charge in [0.25, 0.3) is 5.69 Å². The molecule has 5 rings (SSSR count). The van der Waals surface area contributed by atoms with Gasteiger partial charge in [0.2, 0.25) is 0 Å². The molecular formula is C35H34N6O4. The van der Waals surface area contributed by atoms with Crippen LogP contribution in [0, 0.1) is 10.1 Å². The predicted octanol–water partition coefficient (Wildman–Crippen LogP) is 5.76. The Labute approximate surface area is 262 Å². The monoisotopic (exact) mass is 602 g/mol. The molecule has 0 spiro atoms. The fourth-order valence-corrected chi connectivity index (χ4v) is 5.08. The van der Waals surface area contributed by atoms with Crippen molar-refractivity contribution in [1.29, 1.82) is 0 Å². The predicted molar refractivity (Wildman–Crippen MR) is 176 cm³/mol. The second-order valence-corrected chi connectivity index (χ2v) is 10.9. The Morgan fingerprint density at radius 2 is 1.31 bits per heavy atom. The second kappa shape index (κ2) is 13.3. The summed E-state index contributed by atoms with van der Waals surface area (Å²) in [4.78, 5) is 27.7. The van der Waals surface area contributed by atoms with E-state index in [-0.39, 0.29) is 28.4 Å². The fraction of sp³-hybridized carbons (Fsp3) is 0.200. The average Bonchev–Trinajstić information content (AvgIpc) is 3.05. The highest BCUT2D eigenvalue weighted by Gasteiger charge is 2.30. The Morgan fingerprint density at radius 3 is 1.82 bits per heavy atom. The lowest BCUT2D eigenvalue weighted by Gasteiger charge is -2.32. The summed E-state index contributed by atoms with van der Waals surface area (Å²) >= 11 is 0. The molecule has 0 N–H and O–H groups in total. The van der Waals surface area contributed by atoms with Crippen LogP contribution in [-0.2, 0) is 4.79 Å². The van der Waals surface area contributed by atoms with Gasteiger partial charge in [-0.1, -0.05) is 17.9 Å². The molecule has 0 radical (unpaired) electrons. The number of nitrogens with zero attached hydrogens (tertiary/aromatic N) is 6. The lowest BCUT2D eigenvalue weighted by Crippen LogP contribution is -2.33. The lowest BCUT2D eigenvalue weighted by molar-refractivity contribution is -0.462. The number of rotatable bonds is 10. The van der Waals surface area contributed by atoms with Crippen molar-refractivity contribution in [3.63, 3.8) is 0 Å². The number of benzene rings is 3. The van der Waals surface area contributed by atoms with Crippen molar-refractivity contribution in [2.75, 3.05) is 50.6 Å². The Bertz CT molecular complexity index is 1780. The van der Waals surface area contributed by atoms with Crippen molar-refractivity contribution in [1.82, 2.24) is 0 Å². The summed E-state index contributed by atoms with van der Waals surface area (Å²) < 4.78 is 1.97. The Kier molecular flexibility index (Phi) is 9.13. The third-order valence-corrected chi connectivity index (χ3v) is 7.82. The maximum atomic E-state index is 13.0. The van der Waals surface area contributed by atoms with Crippen LogP contribution in [0.25, 0.3) is 5.57 Å². The van der Waals surface area contributed by atoms with Crippen molar-refractivity contribution < 1.29 is 19.4 Å². The first-order valence-corrected chi connectivity index (χ1v) is 14.6. The minimum absolute atomic E-state index is 0.0109. The van der Waals surface area contributed by atoms with E-state index in [1.165, 1.54) is 12.1 Å². The highest BCUT2D eigenvalue weighted by atomic mass is 16.6. The van der Waals surface area contributed by atoms with Gasteiger partial charge in [-0.25, -0.2) is 4.58 Å². The van der Waals surface area contributed by atoms with Gasteiger partial charge in [-0.2, -0.15) is 10.2 Å². The van der Waals surface area contributed by atoms with Crippen LogP contribution >= 0.6 is 0 Å². The van der Waals surface area contributed by atoms with Gasteiger partial charge in [0.05, 0.1) is 16.3 Å². The minimum Gasteiger partial charge on any atom is -0.871 e. The SMILES string of the molecule is CCN(CCN(C)c1ccc(C2=C([O-])C(=C3C=CC(=[N+](C)C)C=C3)C2=O)cc1)c1ccc(N=Nc2ccc([N+](=O)[O-])cc2)cc1. The zero-order valence-corrected chi connectivity index (χ0v) is 25.7. The second-order valence-electron chi connectivity index (χ2n) is 10.9. The third kappa shape index (κ3) is 6.80. The molecule has 10 nitrogen and oxygen atoms in total. The molecule has 2 aliphatic carbocycles. The van der Waals surface area contributed by atoms with Crippen LogP contribution < -0.4 is 14.9 Å². The van der Waals surface area contributed by atoms with E-state index in [1.807, 2.05) is 98.6 Å². The molecule has 10 heteroatoms. The molecule has 228 valence electrons. The molecule has 0 atom stereocenters. The number of anilines is 2. The minimum atomic E-state index is -0.449. The van der Waals surface area contributed by atoms with E-state index in [1.54, 1.807) is 12.1 Å². The van der Waals surface area contributed by atoms with Crippen LogP contribution in [0.1, 0.15) is 12.5 Å². The number of nitro groups is 1. The molecule has 0 saturated heterocycles. The molecule has 0 aliphatic heterocycles. The molecule has 0 saturated carbocycles. The fourth-order valence-electron chi connectivity index (χ4n) is 5.08. The van der Waals surface area contributed by atoms with Crippen LogP contribution in [-0.4, -0.2) is 61.8 Å². The van der Waals surface area contributed by atoms with Crippen molar-refractivity contribution in [3.8, 4) is 0 Å². The maximum absolute atomic E-state index is 13.0. The summed E-state index contributed by atoms with van der Waals surface area (Å²) in [7, 11) is 5.90. The summed E-state index contributed by atoms with van der Waals surface area (Å²) in [6.07, 6.45) is 7.44. The molecule has 0 amide bonds. The van der Waals surface area contributed by atoms with Gasteiger partial charge in [0.15, 0.2) is 11.5 Å². The van der Waals surface area contributed by atoms with E-state index >= 15 is 0 Å². The van der Waals surface area contributed by atoms with Gasteiger partial charge < -0.3 is 14.9 Å². The lowest BCUT2D eigenvalue weighted by atomic mass is 9.80. The van der Waals surface area contributed by atoms with Gasteiger partial charge in [0.1, 0.15) is 14.1 Å². The normalized spacial score (nSPS) is 14.3. The van der Waals surface area contributed by atoms with Crippen LogP contribution in [0.15, 0.2) is 124 Å². The molecule has 0 bridgehead atoms. The third-order valence-electron chi connectivity index (χ3n) is 7.82. The Hall–Kier alpha value is -5.64. The Morgan fingerprint density at radius 1 is 0.756 bits per heavy atom. The van der Waals surface area contributed by atoms with Crippen LogP contribution in [0.5, 0.6) is 0 Å². The Balaban J connectivity index is 1.18. The van der Waals surface area contributed by atoms with Crippen molar-refractivity contribution in [3.05, 3.63) is 130 Å². The molecule has 3 aromatic rings. The quantitative estimate of drug-likeness (QED) is 0.0957. The number of nitro benzene ring substituents is 1. The van der Waals surface area contributed by atoms with Gasteiger partial charge >= 0.3 is 0 Å². The topological polar surface area (TPSA) is 117 Å². The van der Waals surface area contributed by atoms with Crippen molar-refractivity contribution >= 4 is 45.5 Å². The number of hydrogen-bond donors (Lipinski definition) is 0. The number of azo groups is 1. The highest BCUT2D eigenvalue weighted by Crippen LogP contribution is 2.37. The van der Waals surface area contributed by atoms with Gasteiger partial charge in [0, 0.05) is 73.5 Å². The van der Waals surface area contributed by atoms with E-state index < -0.39 is 4.92 Å². The first-order valence-electron chi connectivity index (χ1n) is 14.6. The van der Waals surface area contributed by atoms with Gasteiger partial charge in [-0.15, -0.1) is 0 Å². The first-order chi connectivity index (χ1) is 21.7. The zero-order chi connectivity index (χ0) is 32.1. The molecule has 2 aliphatic rings. The molecule has 3 aromatic carbocycles. The smallest absolute Gasteiger partial charge is 0.269 e. The van der Waals surface area contributed by atoms with E-state index in [9.17, 15) is 20.0 Å². The van der Waals surface area contributed by atoms with E-state index in [2.05, 4.69) is 27.0 Å². The number of ketones is 1. The number of carbonyl (C=O) groups is 1. The number of carbonyl (C=O) groups excluding carboxylic acids is 1. The summed E-state index contributed by atoms with van der Waals surface area (Å²) in [5.74, 6) is -0.424. The van der Waals surface area contributed by atoms with Crippen molar-refractivity contribution in [2.45, 2.75) is 6.92 Å². The number of likely N-dealkylation sites (N-methyl/N-ethyl adjacent to an activating group) is 2. The first kappa shape index (κ1) is 30.8. The van der Waals surface area contributed by atoms with Crippen LogP contribution in [0.4, 0.5) is 28.4 Å². The average molecular weight is 603 g/mol. The van der Waals surface area contributed by atoms with Gasteiger partial charge in [-0.3, -0.25) is 14.9 Å². The molecule has 0 heterocycles. The largest absolute Gasteiger partial charge is 0.871 e. The zero-order valence-electron chi connectivity index (χ0n) is 25.7. The van der Waals surface area contributed by atoms with E-state index in [4.69, 9.17) is 0 Å². The van der Waals surface area contributed by atoms with E-state index in [0.717, 1.165) is 36.7 Å². The van der Waals surface area contributed by atoms with Crippen molar-refractivity contribution in [2.24, 2.45) is 10.2 Å². The molecule has 0 aromatic heterocycles. The van der Waals surface area contributed by atoms with Crippen LogP contribution in [0.2, 0.25) is 0 Å². The maximum Gasteiger partial charge on any atom is 0.269 e. The number of hydrogen-bond acceptors (Lipinski definition) is 8. The summed E-state index contributed by atoms with van der Waals surface area (Å²) in [5, 5.41) is 32.2. The standard InChI is InChI=1S/C35H34N6O4/c1-5-40(30-18-10-26(11-19-30)36-37-27-12-20-31(21-13-27)41(44)45)23-22-39(4)29-16-8-25(9-17-29)33-34(42)32(35(33)43)24-6-14-28(15-7-24)38(2)3/h6-21H,5,22-23H2,1-4H3. The number of Topliss-reactive ketones (excluding diaryl/α,β-unsaturated/α-hetero) is 1. The molecular weight excluding hydrogens is 568 g/mol. The summed E-state index contributed by atoms with van der Waals surface area (Å²) in [6.45, 7) is 4.44. The summed E-state index contributed by atoms with van der Waals surface area (Å²) in [6, 6.07) is 21.2. The molecule has 0 fully saturated rings. The molecule has 0 unspecified atom stereocenters. The highest BCUT2D eigenvalue weighted by molar-refractivity contribution is 6.39. The summed E-state index contributed by atoms with van der Waals surface area (Å²) in [5.41, 5.74) is 6.04. The van der Waals surface area contributed by atoms with Crippen LogP contribution in [0.3, 0.4) is 0 Å². The number of allylic oxidation sites excluding steroid dienone is 7.